The number of aryl methyl sites for hydroxylation is 1. The summed E-state index contributed by atoms with van der Waals surface area (Å²) in [5.74, 6) is -3.39. The molecule has 128 valence electrons. The molecule has 1 fully saturated rings. The number of hydrogen-bond donors (Lipinski definition) is 1. The molecule has 1 aliphatic heterocycles. The first-order chi connectivity index (χ1) is 11.5. The molecule has 2 heterocycles. The summed E-state index contributed by atoms with van der Waals surface area (Å²) in [6.45, 7) is 3.87. The first-order valence-electron chi connectivity index (χ1n) is 7.99. The highest BCUT2D eigenvalue weighted by Crippen LogP contribution is 2.29. The monoisotopic (exact) mass is 335 g/mol. The molecule has 3 rings (SSSR count). The quantitative estimate of drug-likeness (QED) is 0.938. The van der Waals surface area contributed by atoms with E-state index in [9.17, 15) is 13.6 Å². The molecule has 0 unspecified atom stereocenters. The number of halogens is 2. The number of piperidine rings is 1. The summed E-state index contributed by atoms with van der Waals surface area (Å²) in [5, 5.41) is 13.4. The van der Waals surface area contributed by atoms with Crippen molar-refractivity contribution in [1.29, 1.82) is 0 Å². The molecule has 1 aromatic carbocycles. The van der Waals surface area contributed by atoms with Gasteiger partial charge in [-0.3, -0.25) is 9.48 Å². The van der Waals surface area contributed by atoms with Gasteiger partial charge in [0.05, 0.1) is 6.20 Å². The maximum Gasteiger partial charge on any atom is 0.254 e. The molecule has 0 bridgehead atoms. The zero-order valence-corrected chi connectivity index (χ0v) is 13.4. The van der Waals surface area contributed by atoms with Gasteiger partial charge in [-0.2, -0.15) is 5.10 Å². The van der Waals surface area contributed by atoms with Gasteiger partial charge in [-0.05, 0) is 43.4 Å². The molecule has 0 radical (unpaired) electrons. The Bertz CT molecular complexity index is 729. The van der Waals surface area contributed by atoms with Gasteiger partial charge in [-0.25, -0.2) is 8.78 Å². The number of benzene rings is 1. The van der Waals surface area contributed by atoms with Gasteiger partial charge in [0.25, 0.3) is 5.91 Å². The second-order valence-corrected chi connectivity index (χ2v) is 5.98. The zero-order chi connectivity index (χ0) is 17.3. The molecule has 1 saturated heterocycles. The Labute approximate surface area is 138 Å². The van der Waals surface area contributed by atoms with Crippen LogP contribution in [0.25, 0.3) is 0 Å². The molecule has 1 aromatic heterocycles. The molecule has 0 spiro atoms. The lowest BCUT2D eigenvalue weighted by atomic mass is 9.91. The van der Waals surface area contributed by atoms with E-state index in [0.717, 1.165) is 37.1 Å². The Hall–Kier alpha value is -2.44. The minimum absolute atomic E-state index is 0.0833. The lowest BCUT2D eigenvalue weighted by molar-refractivity contribution is 0.0712. The molecule has 5 nitrogen and oxygen atoms in total. The molecule has 1 N–H and O–H groups in total. The summed E-state index contributed by atoms with van der Waals surface area (Å²) < 4.78 is 28.7. The van der Waals surface area contributed by atoms with E-state index in [1.54, 1.807) is 4.90 Å². The van der Waals surface area contributed by atoms with E-state index in [1.807, 2.05) is 24.0 Å². The number of amides is 1. The van der Waals surface area contributed by atoms with E-state index < -0.39 is 23.3 Å². The first-order valence-corrected chi connectivity index (χ1v) is 7.99. The van der Waals surface area contributed by atoms with E-state index in [1.165, 1.54) is 0 Å². The van der Waals surface area contributed by atoms with Crippen LogP contribution >= 0.6 is 0 Å². The molecule has 0 aliphatic carbocycles. The van der Waals surface area contributed by atoms with Crippen molar-refractivity contribution in [2.45, 2.75) is 32.2 Å². The van der Waals surface area contributed by atoms with Gasteiger partial charge in [0.2, 0.25) is 0 Å². The predicted octanol–water partition coefficient (Wildman–Crippen LogP) is 2.91. The summed E-state index contributed by atoms with van der Waals surface area (Å²) >= 11 is 0. The highest BCUT2D eigenvalue weighted by molar-refractivity contribution is 5.94. The number of hydrogen-bond acceptors (Lipinski definition) is 3. The molecule has 0 saturated carbocycles. The summed E-state index contributed by atoms with van der Waals surface area (Å²) in [5.41, 5.74) is 1.07. The number of aromatic hydroxyl groups is 1. The number of carbonyl (C=O) groups is 1. The fraction of sp³-hybridized carbons (Fsp3) is 0.412. The number of carbonyl (C=O) groups excluding carboxylic acids is 1. The Morgan fingerprint density at radius 1 is 1.29 bits per heavy atom. The minimum atomic E-state index is -1.12. The number of nitrogens with zero attached hydrogens (tertiary/aromatic N) is 3. The fourth-order valence-electron chi connectivity index (χ4n) is 3.05. The van der Waals surface area contributed by atoms with Crippen molar-refractivity contribution < 1.29 is 18.7 Å². The van der Waals surface area contributed by atoms with Crippen molar-refractivity contribution in [3.8, 4) is 5.75 Å². The molecule has 2 aromatic rings. The topological polar surface area (TPSA) is 58.4 Å². The van der Waals surface area contributed by atoms with Gasteiger partial charge < -0.3 is 10.0 Å². The second-order valence-electron chi connectivity index (χ2n) is 5.98. The number of likely N-dealkylation sites (tertiary alicyclic amines) is 1. The molecule has 1 amide bonds. The van der Waals surface area contributed by atoms with Crippen LogP contribution in [0.2, 0.25) is 0 Å². The third-order valence-electron chi connectivity index (χ3n) is 4.49. The highest BCUT2D eigenvalue weighted by Gasteiger charge is 2.26. The van der Waals surface area contributed by atoms with Crippen LogP contribution in [-0.2, 0) is 6.54 Å². The molecule has 0 atom stereocenters. The van der Waals surface area contributed by atoms with Crippen LogP contribution in [-0.4, -0.2) is 38.8 Å². The van der Waals surface area contributed by atoms with Crippen molar-refractivity contribution in [3.05, 3.63) is 47.3 Å². The van der Waals surface area contributed by atoms with Crippen LogP contribution in [0.15, 0.2) is 24.5 Å². The maximum absolute atomic E-state index is 13.4. The Kier molecular flexibility index (Phi) is 4.51. The van der Waals surface area contributed by atoms with Crippen LogP contribution in [0.1, 0.15) is 41.6 Å². The Morgan fingerprint density at radius 3 is 2.46 bits per heavy atom. The number of aromatic nitrogens is 2. The average Bonchev–Trinajstić information content (AvgIpc) is 3.08. The van der Waals surface area contributed by atoms with Crippen LogP contribution in [0.5, 0.6) is 5.75 Å². The summed E-state index contributed by atoms with van der Waals surface area (Å²) in [6.07, 6.45) is 5.44. The Balaban J connectivity index is 1.67. The van der Waals surface area contributed by atoms with Gasteiger partial charge >= 0.3 is 0 Å². The standard InChI is InChI=1S/C17H19F2N3O2/c1-2-22-10-13(9-20-22)11-3-5-21(6-4-11)17(24)12-7-14(18)16(23)15(19)8-12/h7-11,23H,2-6H2,1H3. The molecule has 1 aliphatic rings. The SMILES string of the molecule is CCn1cc(C2CCN(C(=O)c3cc(F)c(O)c(F)c3)CC2)cn1. The third-order valence-corrected chi connectivity index (χ3v) is 4.49. The van der Waals surface area contributed by atoms with Crippen LogP contribution in [0.4, 0.5) is 8.78 Å². The van der Waals surface area contributed by atoms with E-state index in [2.05, 4.69) is 5.10 Å². The van der Waals surface area contributed by atoms with Crippen LogP contribution in [0, 0.1) is 11.6 Å². The number of phenols is 1. The number of rotatable bonds is 3. The normalized spacial score (nSPS) is 15.7. The molecular formula is C17H19F2N3O2. The van der Waals surface area contributed by atoms with E-state index in [4.69, 9.17) is 5.11 Å². The lowest BCUT2D eigenvalue weighted by Gasteiger charge is -2.31. The predicted molar refractivity (Wildman–Crippen MR) is 83.8 cm³/mol. The molecular weight excluding hydrogens is 316 g/mol. The summed E-state index contributed by atoms with van der Waals surface area (Å²) in [6, 6.07) is 1.75. The molecule has 24 heavy (non-hydrogen) atoms. The Morgan fingerprint density at radius 2 is 1.92 bits per heavy atom. The van der Waals surface area contributed by atoms with Crippen LogP contribution < -0.4 is 0 Å². The minimum Gasteiger partial charge on any atom is -0.503 e. The average molecular weight is 335 g/mol. The summed E-state index contributed by atoms with van der Waals surface area (Å²) in [4.78, 5) is 14.0. The van der Waals surface area contributed by atoms with Crippen molar-refractivity contribution in [1.82, 2.24) is 14.7 Å². The van der Waals surface area contributed by atoms with Gasteiger partial charge in [0, 0.05) is 31.4 Å². The van der Waals surface area contributed by atoms with Gasteiger partial charge in [-0.15, -0.1) is 0 Å². The molecule has 7 heteroatoms. The second kappa shape index (κ2) is 6.59. The van der Waals surface area contributed by atoms with Crippen molar-refractivity contribution >= 4 is 5.91 Å². The lowest BCUT2D eigenvalue weighted by Crippen LogP contribution is -2.38. The highest BCUT2D eigenvalue weighted by atomic mass is 19.1. The van der Waals surface area contributed by atoms with Gasteiger partial charge in [-0.1, -0.05) is 0 Å². The van der Waals surface area contributed by atoms with Crippen molar-refractivity contribution in [3.63, 3.8) is 0 Å². The van der Waals surface area contributed by atoms with Gasteiger partial charge in [0.15, 0.2) is 17.4 Å². The van der Waals surface area contributed by atoms with Gasteiger partial charge in [0.1, 0.15) is 0 Å². The number of phenolic OH excluding ortho intramolecular Hbond substituents is 1. The summed E-state index contributed by atoms with van der Waals surface area (Å²) in [7, 11) is 0. The first kappa shape index (κ1) is 16.4. The smallest absolute Gasteiger partial charge is 0.254 e. The van der Waals surface area contributed by atoms with E-state index in [-0.39, 0.29) is 5.56 Å². The van der Waals surface area contributed by atoms with Crippen molar-refractivity contribution in [2.24, 2.45) is 0 Å². The zero-order valence-electron chi connectivity index (χ0n) is 13.4. The van der Waals surface area contributed by atoms with Crippen LogP contribution in [0.3, 0.4) is 0 Å². The van der Waals surface area contributed by atoms with Crippen molar-refractivity contribution in [2.75, 3.05) is 13.1 Å². The van der Waals surface area contributed by atoms with E-state index >= 15 is 0 Å². The maximum atomic E-state index is 13.4. The van der Waals surface area contributed by atoms with E-state index in [0.29, 0.717) is 19.0 Å². The fourth-order valence-corrected chi connectivity index (χ4v) is 3.05. The third kappa shape index (κ3) is 3.11. The largest absolute Gasteiger partial charge is 0.503 e.